The van der Waals surface area contributed by atoms with Crippen molar-refractivity contribution in [2.45, 2.75) is 39.2 Å². The fourth-order valence-corrected chi connectivity index (χ4v) is 2.13. The molecule has 0 aromatic heterocycles. The van der Waals surface area contributed by atoms with E-state index >= 15 is 0 Å². The molecule has 1 aliphatic rings. The van der Waals surface area contributed by atoms with Gasteiger partial charge in [0, 0.05) is 0 Å². The number of hydrogen-bond acceptors (Lipinski definition) is 2. The average Bonchev–Trinajstić information content (AvgIpc) is 1.90. The maximum Gasteiger partial charge on any atom is 0.0651 e. The van der Waals surface area contributed by atoms with Gasteiger partial charge in [-0.25, -0.2) is 0 Å². The van der Waals surface area contributed by atoms with E-state index in [1.54, 1.807) is 0 Å². The van der Waals surface area contributed by atoms with Crippen molar-refractivity contribution < 1.29 is 0 Å². The van der Waals surface area contributed by atoms with Gasteiger partial charge in [-0.2, -0.15) is 0 Å². The van der Waals surface area contributed by atoms with Crippen LogP contribution in [0.2, 0.25) is 0 Å². The lowest BCUT2D eigenvalue weighted by Crippen LogP contribution is -2.15. The second-order valence-corrected chi connectivity index (χ2v) is 4.68. The number of aliphatic imine (C=N–C) groups is 1. The van der Waals surface area contributed by atoms with Crippen molar-refractivity contribution in [2.24, 2.45) is 4.99 Å². The van der Waals surface area contributed by atoms with Crippen LogP contribution in [-0.2, 0) is 0 Å². The summed E-state index contributed by atoms with van der Waals surface area (Å²) in [5.41, 5.74) is 0.202. The lowest BCUT2D eigenvalue weighted by atomic mass is 10.0. The highest BCUT2D eigenvalue weighted by atomic mass is 32.2. The summed E-state index contributed by atoms with van der Waals surface area (Å²) in [6, 6.07) is 0. The monoisotopic (exact) mass is 157 g/mol. The van der Waals surface area contributed by atoms with Gasteiger partial charge in [-0.05, 0) is 39.4 Å². The van der Waals surface area contributed by atoms with Gasteiger partial charge in [0.2, 0.25) is 0 Å². The highest BCUT2D eigenvalue weighted by Crippen LogP contribution is 2.24. The van der Waals surface area contributed by atoms with Crippen molar-refractivity contribution >= 4 is 16.8 Å². The van der Waals surface area contributed by atoms with E-state index in [1.165, 1.54) is 23.6 Å². The zero-order chi connectivity index (χ0) is 7.61. The summed E-state index contributed by atoms with van der Waals surface area (Å²) in [7, 11) is 0. The van der Waals surface area contributed by atoms with Crippen molar-refractivity contribution in [1.82, 2.24) is 0 Å². The number of thioether (sulfide) groups is 1. The molecule has 0 spiro atoms. The van der Waals surface area contributed by atoms with Crippen LogP contribution in [0.1, 0.15) is 33.6 Å². The Morgan fingerprint density at radius 3 is 2.90 bits per heavy atom. The highest BCUT2D eigenvalue weighted by molar-refractivity contribution is 8.13. The maximum absolute atomic E-state index is 4.59. The second-order valence-electron chi connectivity index (χ2n) is 3.40. The third kappa shape index (κ3) is 2.33. The SMILES string of the molecule is CC1=NC(C)(C)CCCS1. The minimum Gasteiger partial charge on any atom is -0.277 e. The quantitative estimate of drug-likeness (QED) is 0.526. The predicted octanol–water partition coefficient (Wildman–Crippen LogP) is 2.71. The van der Waals surface area contributed by atoms with Gasteiger partial charge in [0.25, 0.3) is 0 Å². The lowest BCUT2D eigenvalue weighted by molar-refractivity contribution is 0.479. The summed E-state index contributed by atoms with van der Waals surface area (Å²) >= 11 is 1.89. The molecule has 0 radical (unpaired) electrons. The van der Waals surface area contributed by atoms with Crippen LogP contribution in [-0.4, -0.2) is 16.3 Å². The molecule has 0 amide bonds. The smallest absolute Gasteiger partial charge is 0.0651 e. The van der Waals surface area contributed by atoms with E-state index in [4.69, 9.17) is 0 Å². The molecule has 0 bridgehead atoms. The normalized spacial score (nSPS) is 25.3. The Morgan fingerprint density at radius 2 is 2.20 bits per heavy atom. The molecule has 0 fully saturated rings. The molecule has 1 heterocycles. The average molecular weight is 157 g/mol. The molecule has 1 aliphatic heterocycles. The van der Waals surface area contributed by atoms with Gasteiger partial charge in [-0.3, -0.25) is 4.99 Å². The topological polar surface area (TPSA) is 12.4 Å². The molecule has 0 aliphatic carbocycles. The van der Waals surface area contributed by atoms with Gasteiger partial charge < -0.3 is 0 Å². The standard InChI is InChI=1S/C8H15NS/c1-7-9-8(2,3)5-4-6-10-7/h4-6H2,1-3H3. The molecule has 0 N–H and O–H groups in total. The van der Waals surface area contributed by atoms with Crippen LogP contribution in [0.3, 0.4) is 0 Å². The Hall–Kier alpha value is 0.0200. The first-order chi connectivity index (χ1) is 4.60. The van der Waals surface area contributed by atoms with Crippen molar-refractivity contribution in [3.63, 3.8) is 0 Å². The first-order valence-corrected chi connectivity index (χ1v) is 4.78. The molecular formula is C8H15NS. The van der Waals surface area contributed by atoms with E-state index in [1.807, 2.05) is 11.8 Å². The van der Waals surface area contributed by atoms with Crippen LogP contribution in [0, 0.1) is 0 Å². The van der Waals surface area contributed by atoms with Crippen LogP contribution in [0.25, 0.3) is 0 Å². The third-order valence-corrected chi connectivity index (χ3v) is 2.71. The third-order valence-electron chi connectivity index (χ3n) is 1.70. The van der Waals surface area contributed by atoms with Crippen LogP contribution in [0.4, 0.5) is 0 Å². The Kier molecular flexibility index (Phi) is 2.40. The molecule has 2 heteroatoms. The molecule has 1 nitrogen and oxygen atoms in total. The molecule has 0 unspecified atom stereocenters. The van der Waals surface area contributed by atoms with E-state index in [2.05, 4.69) is 25.8 Å². The summed E-state index contributed by atoms with van der Waals surface area (Å²) in [5, 5.41) is 1.25. The van der Waals surface area contributed by atoms with Crippen molar-refractivity contribution in [3.8, 4) is 0 Å². The fraction of sp³-hybridized carbons (Fsp3) is 0.875. The maximum atomic E-state index is 4.59. The van der Waals surface area contributed by atoms with Gasteiger partial charge in [0.1, 0.15) is 0 Å². The molecule has 0 aromatic rings. The molecule has 0 atom stereocenters. The van der Waals surface area contributed by atoms with E-state index in [0.29, 0.717) is 0 Å². The predicted molar refractivity (Wildman–Crippen MR) is 48.9 cm³/mol. The summed E-state index contributed by atoms with van der Waals surface area (Å²) in [5.74, 6) is 1.25. The summed E-state index contributed by atoms with van der Waals surface area (Å²) < 4.78 is 0. The molecule has 10 heavy (non-hydrogen) atoms. The van der Waals surface area contributed by atoms with Gasteiger partial charge in [-0.1, -0.05) is 0 Å². The van der Waals surface area contributed by atoms with E-state index in [9.17, 15) is 0 Å². The van der Waals surface area contributed by atoms with E-state index in [0.717, 1.165) is 0 Å². The molecule has 0 saturated carbocycles. The summed E-state index contributed by atoms with van der Waals surface area (Å²) in [6.45, 7) is 6.53. The molecule has 1 rings (SSSR count). The Morgan fingerprint density at radius 1 is 1.50 bits per heavy atom. The first-order valence-electron chi connectivity index (χ1n) is 3.79. The van der Waals surface area contributed by atoms with Gasteiger partial charge in [0.05, 0.1) is 10.6 Å². The first kappa shape index (κ1) is 8.12. The zero-order valence-corrected chi connectivity index (χ0v) is 7.79. The Balaban J connectivity index is 2.67. The van der Waals surface area contributed by atoms with E-state index < -0.39 is 0 Å². The minimum atomic E-state index is 0.202. The summed E-state index contributed by atoms with van der Waals surface area (Å²) in [6.07, 6.45) is 2.54. The van der Waals surface area contributed by atoms with Crippen molar-refractivity contribution in [3.05, 3.63) is 0 Å². The minimum absolute atomic E-state index is 0.202. The van der Waals surface area contributed by atoms with Crippen LogP contribution < -0.4 is 0 Å². The van der Waals surface area contributed by atoms with Crippen molar-refractivity contribution in [2.75, 3.05) is 5.75 Å². The van der Waals surface area contributed by atoms with E-state index in [-0.39, 0.29) is 5.54 Å². The molecular weight excluding hydrogens is 142 g/mol. The Labute approximate surface area is 67.3 Å². The summed E-state index contributed by atoms with van der Waals surface area (Å²) in [4.78, 5) is 4.59. The largest absolute Gasteiger partial charge is 0.277 e. The van der Waals surface area contributed by atoms with Gasteiger partial charge in [0.15, 0.2) is 0 Å². The van der Waals surface area contributed by atoms with Crippen LogP contribution >= 0.6 is 11.8 Å². The zero-order valence-electron chi connectivity index (χ0n) is 6.98. The van der Waals surface area contributed by atoms with Crippen molar-refractivity contribution in [1.29, 1.82) is 0 Å². The van der Waals surface area contributed by atoms with Crippen LogP contribution in [0.5, 0.6) is 0 Å². The second kappa shape index (κ2) is 2.95. The molecule has 0 saturated heterocycles. The van der Waals surface area contributed by atoms with Crippen LogP contribution in [0.15, 0.2) is 4.99 Å². The fourth-order valence-electron chi connectivity index (χ4n) is 1.24. The van der Waals surface area contributed by atoms with Gasteiger partial charge >= 0.3 is 0 Å². The number of nitrogens with zero attached hydrogens (tertiary/aromatic N) is 1. The number of rotatable bonds is 0. The number of hydrogen-bond donors (Lipinski definition) is 0. The highest BCUT2D eigenvalue weighted by Gasteiger charge is 2.18. The Bertz CT molecular complexity index is 149. The lowest BCUT2D eigenvalue weighted by Gasteiger charge is -2.16. The molecule has 0 aromatic carbocycles. The molecule has 58 valence electrons. The van der Waals surface area contributed by atoms with Gasteiger partial charge in [-0.15, -0.1) is 11.8 Å².